The average molecular weight is 283 g/mol. The second kappa shape index (κ2) is 5.06. The standard InChI is InChI=1S/C18H21NO2/c1-11-9-12(2)17-16(21-18(17)14(11)4)6-8-19-7-5-15(20)10-13(19)3/h5,7,9-10,16H,6,8H2,1-4H3. The molecule has 21 heavy (non-hydrogen) atoms. The van der Waals surface area contributed by atoms with Gasteiger partial charge in [-0.15, -0.1) is 0 Å². The lowest BCUT2D eigenvalue weighted by atomic mass is 9.90. The molecule has 1 aromatic carbocycles. The van der Waals surface area contributed by atoms with Gasteiger partial charge in [0.2, 0.25) is 0 Å². The summed E-state index contributed by atoms with van der Waals surface area (Å²) in [4.78, 5) is 11.3. The summed E-state index contributed by atoms with van der Waals surface area (Å²) in [6.45, 7) is 9.24. The van der Waals surface area contributed by atoms with Crippen LogP contribution in [0.25, 0.3) is 0 Å². The Morgan fingerprint density at radius 3 is 2.62 bits per heavy atom. The maximum Gasteiger partial charge on any atom is 0.181 e. The fraction of sp³-hybridized carbons (Fsp3) is 0.389. The molecule has 110 valence electrons. The van der Waals surface area contributed by atoms with Crippen molar-refractivity contribution in [3.8, 4) is 5.75 Å². The molecule has 0 fully saturated rings. The second-order valence-electron chi connectivity index (χ2n) is 5.97. The van der Waals surface area contributed by atoms with E-state index in [0.717, 1.165) is 24.4 Å². The zero-order valence-electron chi connectivity index (χ0n) is 13.1. The van der Waals surface area contributed by atoms with Crippen molar-refractivity contribution in [2.24, 2.45) is 0 Å². The van der Waals surface area contributed by atoms with E-state index in [2.05, 4.69) is 31.4 Å². The number of nitrogens with zero attached hydrogens (tertiary/aromatic N) is 1. The van der Waals surface area contributed by atoms with Crippen molar-refractivity contribution in [3.63, 3.8) is 0 Å². The number of hydrogen-bond acceptors (Lipinski definition) is 2. The Morgan fingerprint density at radius 2 is 1.90 bits per heavy atom. The Labute approximate surface area is 125 Å². The minimum atomic E-state index is 0.0657. The number of pyridine rings is 1. The van der Waals surface area contributed by atoms with Crippen molar-refractivity contribution < 1.29 is 4.74 Å². The fourth-order valence-corrected chi connectivity index (χ4v) is 3.09. The van der Waals surface area contributed by atoms with Gasteiger partial charge in [-0.3, -0.25) is 4.79 Å². The molecule has 3 rings (SSSR count). The zero-order chi connectivity index (χ0) is 15.1. The minimum absolute atomic E-state index is 0.0657. The molecule has 0 amide bonds. The van der Waals surface area contributed by atoms with Crippen LogP contribution in [0.3, 0.4) is 0 Å². The lowest BCUT2D eigenvalue weighted by molar-refractivity contribution is 0.128. The van der Waals surface area contributed by atoms with Gasteiger partial charge in [0.15, 0.2) is 5.43 Å². The van der Waals surface area contributed by atoms with Crippen LogP contribution in [0.2, 0.25) is 0 Å². The maximum absolute atomic E-state index is 11.3. The normalized spacial score (nSPS) is 16.1. The molecule has 2 heterocycles. The van der Waals surface area contributed by atoms with Crippen molar-refractivity contribution in [2.45, 2.75) is 46.8 Å². The van der Waals surface area contributed by atoms with Crippen LogP contribution in [0.1, 0.15) is 40.5 Å². The van der Waals surface area contributed by atoms with Crippen LogP contribution in [0, 0.1) is 27.7 Å². The van der Waals surface area contributed by atoms with E-state index in [1.165, 1.54) is 22.3 Å². The van der Waals surface area contributed by atoms with E-state index >= 15 is 0 Å². The molecule has 1 unspecified atom stereocenters. The molecule has 0 bridgehead atoms. The summed E-state index contributed by atoms with van der Waals surface area (Å²) in [7, 11) is 0. The Bertz CT molecular complexity index is 759. The van der Waals surface area contributed by atoms with Crippen LogP contribution < -0.4 is 10.2 Å². The largest absolute Gasteiger partial charge is 0.485 e. The Morgan fingerprint density at radius 1 is 1.14 bits per heavy atom. The molecule has 1 aliphatic heterocycles. The predicted molar refractivity (Wildman–Crippen MR) is 84.1 cm³/mol. The van der Waals surface area contributed by atoms with Gasteiger partial charge in [-0.05, 0) is 44.4 Å². The van der Waals surface area contributed by atoms with Crippen LogP contribution in [-0.2, 0) is 6.54 Å². The topological polar surface area (TPSA) is 31.2 Å². The van der Waals surface area contributed by atoms with E-state index in [0.29, 0.717) is 0 Å². The maximum atomic E-state index is 11.3. The van der Waals surface area contributed by atoms with Crippen LogP contribution >= 0.6 is 0 Å². The molecule has 0 radical (unpaired) electrons. The minimum Gasteiger partial charge on any atom is -0.485 e. The molecule has 0 N–H and O–H groups in total. The van der Waals surface area contributed by atoms with Gasteiger partial charge in [-0.25, -0.2) is 0 Å². The van der Waals surface area contributed by atoms with Crippen LogP contribution in [0.4, 0.5) is 0 Å². The first kappa shape index (κ1) is 13.9. The second-order valence-corrected chi connectivity index (χ2v) is 5.97. The van der Waals surface area contributed by atoms with Gasteiger partial charge >= 0.3 is 0 Å². The molecule has 3 heteroatoms. The molecule has 1 aromatic heterocycles. The van der Waals surface area contributed by atoms with Crippen molar-refractivity contribution in [1.29, 1.82) is 0 Å². The van der Waals surface area contributed by atoms with E-state index in [1.807, 2.05) is 13.1 Å². The van der Waals surface area contributed by atoms with Crippen LogP contribution in [-0.4, -0.2) is 4.57 Å². The number of aryl methyl sites for hydroxylation is 4. The number of benzene rings is 1. The third-order valence-electron chi connectivity index (χ3n) is 4.47. The molecule has 0 saturated heterocycles. The highest BCUT2D eigenvalue weighted by molar-refractivity contribution is 5.55. The number of ether oxygens (including phenoxy) is 1. The first-order chi connectivity index (χ1) is 9.97. The van der Waals surface area contributed by atoms with Gasteiger partial charge in [0, 0.05) is 42.6 Å². The molecule has 1 aliphatic rings. The van der Waals surface area contributed by atoms with Crippen molar-refractivity contribution in [3.05, 3.63) is 62.6 Å². The molecule has 1 atom stereocenters. The van der Waals surface area contributed by atoms with E-state index in [-0.39, 0.29) is 11.5 Å². The third kappa shape index (κ3) is 2.37. The molecule has 0 spiro atoms. The first-order valence-corrected chi connectivity index (χ1v) is 7.42. The highest BCUT2D eigenvalue weighted by Gasteiger charge is 2.32. The highest BCUT2D eigenvalue weighted by atomic mass is 16.5. The van der Waals surface area contributed by atoms with Crippen molar-refractivity contribution in [2.75, 3.05) is 0 Å². The smallest absolute Gasteiger partial charge is 0.181 e. The number of hydrogen-bond donors (Lipinski definition) is 0. The number of fused-ring (bicyclic) bond motifs is 1. The number of aromatic nitrogens is 1. The van der Waals surface area contributed by atoms with Gasteiger partial charge in [0.05, 0.1) is 0 Å². The lowest BCUT2D eigenvalue weighted by Gasteiger charge is -2.35. The Kier molecular flexibility index (Phi) is 3.36. The van der Waals surface area contributed by atoms with Crippen LogP contribution in [0.15, 0.2) is 29.2 Å². The molecule has 0 aliphatic carbocycles. The average Bonchev–Trinajstić information content (AvgIpc) is 2.37. The summed E-state index contributed by atoms with van der Waals surface area (Å²) >= 11 is 0. The molecular formula is C18H21NO2. The quantitative estimate of drug-likeness (QED) is 0.861. The summed E-state index contributed by atoms with van der Waals surface area (Å²) in [5, 5.41) is 0. The van der Waals surface area contributed by atoms with Crippen molar-refractivity contribution >= 4 is 0 Å². The highest BCUT2D eigenvalue weighted by Crippen LogP contribution is 2.46. The lowest BCUT2D eigenvalue weighted by Crippen LogP contribution is -2.24. The van der Waals surface area contributed by atoms with E-state index < -0.39 is 0 Å². The zero-order valence-corrected chi connectivity index (χ0v) is 13.1. The summed E-state index contributed by atoms with van der Waals surface area (Å²) < 4.78 is 8.10. The van der Waals surface area contributed by atoms with E-state index in [4.69, 9.17) is 4.74 Å². The third-order valence-corrected chi connectivity index (χ3v) is 4.47. The Balaban J connectivity index is 1.77. The predicted octanol–water partition coefficient (Wildman–Crippen LogP) is 3.61. The summed E-state index contributed by atoms with van der Waals surface area (Å²) in [5.41, 5.74) is 6.29. The summed E-state index contributed by atoms with van der Waals surface area (Å²) in [6, 6.07) is 5.53. The molecule has 0 saturated carbocycles. The SMILES string of the molecule is Cc1cc(C)c2c(c1C)OC2CCn1ccc(=O)cc1C. The van der Waals surface area contributed by atoms with Gasteiger partial charge in [-0.1, -0.05) is 6.07 Å². The van der Waals surface area contributed by atoms with Crippen molar-refractivity contribution in [1.82, 2.24) is 4.57 Å². The Hall–Kier alpha value is -2.03. The monoisotopic (exact) mass is 283 g/mol. The summed E-state index contributed by atoms with van der Waals surface area (Å²) in [5.74, 6) is 1.08. The number of rotatable bonds is 3. The van der Waals surface area contributed by atoms with Gasteiger partial charge in [0.1, 0.15) is 11.9 Å². The first-order valence-electron chi connectivity index (χ1n) is 7.42. The molecular weight excluding hydrogens is 262 g/mol. The molecule has 2 aromatic rings. The van der Waals surface area contributed by atoms with E-state index in [9.17, 15) is 4.79 Å². The van der Waals surface area contributed by atoms with Gasteiger partial charge in [0.25, 0.3) is 0 Å². The van der Waals surface area contributed by atoms with Crippen LogP contribution in [0.5, 0.6) is 5.75 Å². The van der Waals surface area contributed by atoms with Gasteiger partial charge in [-0.2, -0.15) is 0 Å². The fourth-order valence-electron chi connectivity index (χ4n) is 3.09. The summed E-state index contributed by atoms with van der Waals surface area (Å²) in [6.07, 6.45) is 2.97. The molecule has 3 nitrogen and oxygen atoms in total. The van der Waals surface area contributed by atoms with Gasteiger partial charge < -0.3 is 9.30 Å². The van der Waals surface area contributed by atoms with E-state index in [1.54, 1.807) is 12.1 Å².